The summed E-state index contributed by atoms with van der Waals surface area (Å²) >= 11 is 7.47. The molecule has 1 N–H and O–H groups in total. The van der Waals surface area contributed by atoms with E-state index in [0.29, 0.717) is 5.69 Å². The molecule has 3 nitrogen and oxygen atoms in total. The molecule has 164 valence electrons. The molecule has 0 radical (unpaired) electrons. The van der Waals surface area contributed by atoms with Crippen molar-refractivity contribution < 1.29 is 8.42 Å². The molecule has 6 heteroatoms. The molecule has 0 aliphatic heterocycles. The third-order valence-electron chi connectivity index (χ3n) is 5.57. The van der Waals surface area contributed by atoms with Crippen LogP contribution in [0.1, 0.15) is 27.8 Å². The number of aryl methyl sites for hydroxylation is 2. The van der Waals surface area contributed by atoms with Gasteiger partial charge in [-0.05, 0) is 82.4 Å². The smallest absolute Gasteiger partial charge is 0.271 e. The van der Waals surface area contributed by atoms with Crippen molar-refractivity contribution in [3.05, 3.63) is 123 Å². The average molecular weight is 490 g/mol. The second-order valence-electron chi connectivity index (χ2n) is 7.79. The van der Waals surface area contributed by atoms with Crippen LogP contribution in [0.3, 0.4) is 0 Å². The van der Waals surface area contributed by atoms with Crippen LogP contribution in [-0.4, -0.2) is 8.42 Å². The lowest BCUT2D eigenvalue weighted by Crippen LogP contribution is -2.11. The minimum Gasteiger partial charge on any atom is -0.279 e. The van der Waals surface area contributed by atoms with Gasteiger partial charge in [-0.25, -0.2) is 8.42 Å². The van der Waals surface area contributed by atoms with Gasteiger partial charge in [0, 0.05) is 16.3 Å². The highest BCUT2D eigenvalue weighted by Crippen LogP contribution is 2.34. The molecule has 0 saturated heterocycles. The molecule has 0 fully saturated rings. The number of sulfonamides is 1. The Morgan fingerprint density at radius 3 is 2.55 bits per heavy atom. The van der Waals surface area contributed by atoms with Crippen LogP contribution in [0.5, 0.6) is 0 Å². The number of halogens is 1. The van der Waals surface area contributed by atoms with E-state index in [1.165, 1.54) is 22.5 Å². The molecular weight excluding hydrogens is 470 g/mol. The number of benzene rings is 3. The summed E-state index contributed by atoms with van der Waals surface area (Å²) in [5.41, 5.74) is 10.6. The summed E-state index contributed by atoms with van der Waals surface area (Å²) < 4.78 is 28.1. The Bertz CT molecular complexity index is 1500. The normalized spacial score (nSPS) is 12.8. The van der Waals surface area contributed by atoms with E-state index < -0.39 is 10.0 Å². The Kier molecular flexibility index (Phi) is 5.96. The van der Waals surface area contributed by atoms with Crippen molar-refractivity contribution in [1.29, 1.82) is 0 Å². The Balaban J connectivity index is 1.57. The Labute approximate surface area is 202 Å². The van der Waals surface area contributed by atoms with Crippen molar-refractivity contribution in [2.45, 2.75) is 17.1 Å². The van der Waals surface area contributed by atoms with Gasteiger partial charge in [-0.1, -0.05) is 60.1 Å². The number of fused-ring (bicyclic) bond motifs is 2. The molecule has 1 aliphatic rings. The minimum absolute atomic E-state index is 0.288. The molecule has 1 aromatic heterocycles. The van der Waals surface area contributed by atoms with Gasteiger partial charge >= 0.3 is 0 Å². The number of hydrogen-bond acceptors (Lipinski definition) is 3. The maximum absolute atomic E-state index is 12.6. The number of hydrogen-bond donors (Lipinski definition) is 1. The largest absolute Gasteiger partial charge is 0.279 e. The van der Waals surface area contributed by atoms with E-state index in [4.69, 9.17) is 11.6 Å². The highest BCUT2D eigenvalue weighted by Gasteiger charge is 2.18. The molecule has 3 aromatic carbocycles. The standard InChI is InChI=1S/C27H20ClNO2S2/c28-22-13-15-25-21(18-22)12-11-20-6-1-2-8-24(20)26(25)14-10-19-5-3-7-23(17-19)29-33(30,31)27-9-4-16-32-27/h1-10,13,15-18,29H,11-12H2. The quantitative estimate of drug-likeness (QED) is 0.312. The number of nitrogens with one attached hydrogen (secondary N) is 1. The SMILES string of the molecule is O=S(=O)(Nc1cccc(C=C=C2c3ccccc3CCc3cc(Cl)ccc32)c1)c1cccs1. The van der Waals surface area contributed by atoms with Crippen LogP contribution in [-0.2, 0) is 22.9 Å². The van der Waals surface area contributed by atoms with E-state index >= 15 is 0 Å². The zero-order valence-corrected chi connectivity index (χ0v) is 20.0. The minimum atomic E-state index is -3.59. The van der Waals surface area contributed by atoms with Crippen LogP contribution in [0.4, 0.5) is 5.69 Å². The van der Waals surface area contributed by atoms with Crippen molar-refractivity contribution in [1.82, 2.24) is 0 Å². The van der Waals surface area contributed by atoms with Crippen LogP contribution in [0.25, 0.3) is 11.6 Å². The van der Waals surface area contributed by atoms with Crippen molar-refractivity contribution >= 4 is 50.3 Å². The number of rotatable bonds is 4. The first-order chi connectivity index (χ1) is 16.0. The molecule has 0 bridgehead atoms. The van der Waals surface area contributed by atoms with Crippen molar-refractivity contribution in [2.75, 3.05) is 4.72 Å². The highest BCUT2D eigenvalue weighted by atomic mass is 35.5. The third-order valence-corrected chi connectivity index (χ3v) is 8.58. The summed E-state index contributed by atoms with van der Waals surface area (Å²) in [5, 5.41) is 2.48. The summed E-state index contributed by atoms with van der Waals surface area (Å²) in [6.45, 7) is 0. The predicted molar refractivity (Wildman–Crippen MR) is 137 cm³/mol. The summed E-state index contributed by atoms with van der Waals surface area (Å²) in [7, 11) is -3.59. The predicted octanol–water partition coefficient (Wildman–Crippen LogP) is 7.04. The van der Waals surface area contributed by atoms with Crippen LogP contribution in [0, 0.1) is 0 Å². The highest BCUT2D eigenvalue weighted by molar-refractivity contribution is 7.94. The molecule has 0 atom stereocenters. The third kappa shape index (κ3) is 4.68. The molecule has 0 amide bonds. The second-order valence-corrected chi connectivity index (χ2v) is 11.1. The van der Waals surface area contributed by atoms with Crippen molar-refractivity contribution in [3.63, 3.8) is 0 Å². The van der Waals surface area contributed by atoms with Gasteiger partial charge in [0.2, 0.25) is 0 Å². The van der Waals surface area contributed by atoms with Gasteiger partial charge in [0.25, 0.3) is 10.0 Å². The monoisotopic (exact) mass is 489 g/mol. The Hall–Kier alpha value is -3.08. The van der Waals surface area contributed by atoms with E-state index in [0.717, 1.165) is 40.1 Å². The van der Waals surface area contributed by atoms with Crippen LogP contribution in [0.2, 0.25) is 5.02 Å². The zero-order valence-electron chi connectivity index (χ0n) is 17.6. The molecule has 33 heavy (non-hydrogen) atoms. The van der Waals surface area contributed by atoms with Crippen LogP contribution >= 0.6 is 22.9 Å². The van der Waals surface area contributed by atoms with Gasteiger partial charge < -0.3 is 0 Å². The van der Waals surface area contributed by atoms with Crippen LogP contribution < -0.4 is 4.72 Å². The fourth-order valence-corrected chi connectivity index (χ4v) is 6.27. The Morgan fingerprint density at radius 1 is 0.879 bits per heavy atom. The van der Waals surface area contributed by atoms with E-state index in [2.05, 4.69) is 34.7 Å². The lowest BCUT2D eigenvalue weighted by atomic mass is 9.94. The van der Waals surface area contributed by atoms with Crippen molar-refractivity contribution in [3.8, 4) is 0 Å². The summed E-state index contributed by atoms with van der Waals surface area (Å²) in [5.74, 6) is 0. The maximum atomic E-state index is 12.6. The maximum Gasteiger partial charge on any atom is 0.271 e. The van der Waals surface area contributed by atoms with E-state index in [1.54, 1.807) is 23.6 Å². The van der Waals surface area contributed by atoms with Crippen LogP contribution in [0.15, 0.2) is 94.2 Å². The van der Waals surface area contributed by atoms with Gasteiger partial charge in [0.15, 0.2) is 0 Å². The molecular formula is C27H20ClNO2S2. The molecule has 0 unspecified atom stereocenters. The van der Waals surface area contributed by atoms with Gasteiger partial charge in [0.05, 0.1) is 0 Å². The molecule has 0 saturated carbocycles. The fraction of sp³-hybridized carbons (Fsp3) is 0.0741. The molecule has 1 aliphatic carbocycles. The van der Waals surface area contributed by atoms with Gasteiger partial charge in [0.1, 0.15) is 4.21 Å². The van der Waals surface area contributed by atoms with E-state index in [1.807, 2.05) is 42.5 Å². The molecule has 1 heterocycles. The lowest BCUT2D eigenvalue weighted by molar-refractivity contribution is 0.603. The topological polar surface area (TPSA) is 46.2 Å². The van der Waals surface area contributed by atoms with Gasteiger partial charge in [-0.15, -0.1) is 17.1 Å². The molecule has 0 spiro atoms. The summed E-state index contributed by atoms with van der Waals surface area (Å²) in [4.78, 5) is 0. The number of thiophene rings is 1. The van der Waals surface area contributed by atoms with Gasteiger partial charge in [-0.3, -0.25) is 4.72 Å². The van der Waals surface area contributed by atoms with Gasteiger partial charge in [-0.2, -0.15) is 0 Å². The average Bonchev–Trinajstić information content (AvgIpc) is 3.31. The second kappa shape index (κ2) is 9.05. The zero-order chi connectivity index (χ0) is 22.8. The molecule has 5 rings (SSSR count). The fourth-order valence-electron chi connectivity index (χ4n) is 4.03. The van der Waals surface area contributed by atoms with Crippen molar-refractivity contribution in [2.24, 2.45) is 0 Å². The van der Waals surface area contributed by atoms with E-state index in [-0.39, 0.29) is 4.21 Å². The lowest BCUT2D eigenvalue weighted by Gasteiger charge is -2.10. The van der Waals surface area contributed by atoms with E-state index in [9.17, 15) is 8.42 Å². The summed E-state index contributed by atoms with van der Waals surface area (Å²) in [6, 6.07) is 25.0. The Morgan fingerprint density at radius 2 is 1.70 bits per heavy atom. The first-order valence-corrected chi connectivity index (χ1v) is 13.2. The molecule has 4 aromatic rings. The first-order valence-electron chi connectivity index (χ1n) is 10.5. The first kappa shape index (κ1) is 21.7. The number of anilines is 1. The summed E-state index contributed by atoms with van der Waals surface area (Å²) in [6.07, 6.45) is 3.76.